The zero-order chi connectivity index (χ0) is 15.7. The fourth-order valence-corrected chi connectivity index (χ4v) is 2.61. The average Bonchev–Trinajstić information content (AvgIpc) is 2.31. The molecule has 0 amide bonds. The maximum Gasteiger partial charge on any atom is 0.320 e. The van der Waals surface area contributed by atoms with Gasteiger partial charge in [0.2, 0.25) is 10.0 Å². The van der Waals surface area contributed by atoms with Gasteiger partial charge in [0.15, 0.2) is 0 Å². The zero-order valence-electron chi connectivity index (χ0n) is 10.1. The maximum absolute atomic E-state index is 13.1. The zero-order valence-corrected chi connectivity index (χ0v) is 10.9. The van der Waals surface area contributed by atoms with Gasteiger partial charge >= 0.3 is 12.3 Å². The summed E-state index contributed by atoms with van der Waals surface area (Å²) < 4.78 is 87.1. The summed E-state index contributed by atoms with van der Waals surface area (Å²) in [7, 11) is -4.51. The van der Waals surface area contributed by atoms with Crippen molar-refractivity contribution in [3.63, 3.8) is 0 Å². The number of sulfonamides is 1. The fraction of sp³-hybridized carbons (Fsp3) is 0.400. The van der Waals surface area contributed by atoms with Crippen molar-refractivity contribution < 1.29 is 30.4 Å². The molecule has 114 valence electrons. The summed E-state index contributed by atoms with van der Waals surface area (Å²) in [6.07, 6.45) is -4.01. The summed E-state index contributed by atoms with van der Waals surface area (Å²) in [5, 5.41) is 0. The van der Waals surface area contributed by atoms with Crippen LogP contribution in [0.5, 0.6) is 0 Å². The fourth-order valence-electron chi connectivity index (χ4n) is 1.30. The molecule has 0 saturated heterocycles. The molecule has 0 aromatic heterocycles. The van der Waals surface area contributed by atoms with Gasteiger partial charge < -0.3 is 5.73 Å². The van der Waals surface area contributed by atoms with Crippen molar-refractivity contribution in [2.45, 2.75) is 24.2 Å². The minimum Gasteiger partial charge on any atom is -0.396 e. The van der Waals surface area contributed by atoms with Crippen LogP contribution >= 0.6 is 0 Å². The number of hydrogen-bond donors (Lipinski definition) is 2. The SMILES string of the molecule is Cc1cc(F)c(N)cc1S(=O)(=O)NCC(F)(F)C(F)F. The van der Waals surface area contributed by atoms with Gasteiger partial charge in [0, 0.05) is 0 Å². The number of hydrogen-bond acceptors (Lipinski definition) is 3. The maximum atomic E-state index is 13.1. The first-order chi connectivity index (χ1) is 8.97. The minimum atomic E-state index is -4.51. The molecule has 0 aliphatic rings. The number of halogens is 5. The summed E-state index contributed by atoms with van der Waals surface area (Å²) >= 11 is 0. The minimum absolute atomic E-state index is 0.0930. The lowest BCUT2D eigenvalue weighted by Gasteiger charge is -2.16. The topological polar surface area (TPSA) is 72.2 Å². The van der Waals surface area contributed by atoms with Crippen LogP contribution in [0.1, 0.15) is 5.56 Å². The summed E-state index contributed by atoms with van der Waals surface area (Å²) in [5.41, 5.74) is 4.58. The Balaban J connectivity index is 3.04. The van der Waals surface area contributed by atoms with Crippen molar-refractivity contribution >= 4 is 15.7 Å². The van der Waals surface area contributed by atoms with Crippen molar-refractivity contribution in [2.24, 2.45) is 0 Å². The van der Waals surface area contributed by atoms with E-state index < -0.39 is 45.3 Å². The smallest absolute Gasteiger partial charge is 0.320 e. The first-order valence-electron chi connectivity index (χ1n) is 5.18. The molecule has 0 saturated carbocycles. The van der Waals surface area contributed by atoms with Crippen molar-refractivity contribution in [1.82, 2.24) is 4.72 Å². The normalized spacial score (nSPS) is 12.9. The van der Waals surface area contributed by atoms with E-state index in [0.717, 1.165) is 12.1 Å². The van der Waals surface area contributed by atoms with Crippen LogP contribution in [-0.2, 0) is 10.0 Å². The standard InChI is InChI=1S/C10H11F5N2O2S/c1-5-2-6(11)7(16)3-8(5)20(18,19)17-4-10(14,15)9(12)13/h2-3,9,17H,4,16H2,1H3. The van der Waals surface area contributed by atoms with Gasteiger partial charge in [0.25, 0.3) is 0 Å². The van der Waals surface area contributed by atoms with Crippen LogP contribution in [0, 0.1) is 12.7 Å². The summed E-state index contributed by atoms with van der Waals surface area (Å²) in [4.78, 5) is -0.554. The molecule has 4 nitrogen and oxygen atoms in total. The third kappa shape index (κ3) is 3.57. The van der Waals surface area contributed by atoms with E-state index >= 15 is 0 Å². The number of alkyl halides is 4. The van der Waals surface area contributed by atoms with E-state index in [1.54, 1.807) is 0 Å². The lowest BCUT2D eigenvalue weighted by Crippen LogP contribution is -2.41. The molecular formula is C10H11F5N2O2S. The monoisotopic (exact) mass is 318 g/mol. The number of nitrogens with one attached hydrogen (secondary N) is 1. The highest BCUT2D eigenvalue weighted by atomic mass is 32.2. The van der Waals surface area contributed by atoms with Crippen LogP contribution in [0.4, 0.5) is 27.6 Å². The highest BCUT2D eigenvalue weighted by Gasteiger charge is 2.41. The van der Waals surface area contributed by atoms with Gasteiger partial charge in [-0.2, -0.15) is 8.78 Å². The lowest BCUT2D eigenvalue weighted by atomic mass is 10.2. The first kappa shape index (κ1) is 16.6. The quantitative estimate of drug-likeness (QED) is 0.643. The molecule has 0 fully saturated rings. The Morgan fingerprint density at radius 1 is 1.35 bits per heavy atom. The number of nitrogen functional groups attached to an aromatic ring is 1. The molecule has 0 bridgehead atoms. The third-order valence-corrected chi connectivity index (χ3v) is 3.94. The molecule has 0 aliphatic heterocycles. The summed E-state index contributed by atoms with van der Waals surface area (Å²) in [5.74, 6) is -5.38. The van der Waals surface area contributed by atoms with E-state index in [0.29, 0.717) is 0 Å². The molecule has 1 rings (SSSR count). The summed E-state index contributed by atoms with van der Waals surface area (Å²) in [6, 6.07) is 1.53. The van der Waals surface area contributed by atoms with Crippen LogP contribution in [0.25, 0.3) is 0 Å². The largest absolute Gasteiger partial charge is 0.396 e. The number of nitrogens with two attached hydrogens (primary N) is 1. The van der Waals surface area contributed by atoms with Gasteiger partial charge in [-0.15, -0.1) is 0 Å². The molecule has 0 aliphatic carbocycles. The second-order valence-corrected chi connectivity index (χ2v) is 5.76. The molecule has 3 N–H and O–H groups in total. The predicted octanol–water partition coefficient (Wildman–Crippen LogP) is 1.90. The van der Waals surface area contributed by atoms with Gasteiger partial charge in [-0.25, -0.2) is 26.3 Å². The molecule has 0 unspecified atom stereocenters. The van der Waals surface area contributed by atoms with Crippen LogP contribution in [0.2, 0.25) is 0 Å². The van der Waals surface area contributed by atoms with Gasteiger partial charge in [-0.1, -0.05) is 0 Å². The van der Waals surface area contributed by atoms with Gasteiger partial charge in [-0.3, -0.25) is 0 Å². The van der Waals surface area contributed by atoms with Gasteiger partial charge in [-0.05, 0) is 24.6 Å². The number of aryl methyl sites for hydroxylation is 1. The molecule has 0 atom stereocenters. The Labute approximate surface area is 111 Å². The molecule has 10 heteroatoms. The molecule has 0 heterocycles. The molecule has 0 spiro atoms. The first-order valence-corrected chi connectivity index (χ1v) is 6.67. The molecule has 1 aromatic carbocycles. The van der Waals surface area contributed by atoms with Crippen molar-refractivity contribution in [1.29, 1.82) is 0 Å². The highest BCUT2D eigenvalue weighted by molar-refractivity contribution is 7.89. The van der Waals surface area contributed by atoms with Gasteiger partial charge in [0.1, 0.15) is 5.82 Å². The number of rotatable bonds is 5. The van der Waals surface area contributed by atoms with Crippen molar-refractivity contribution in [2.75, 3.05) is 12.3 Å². The summed E-state index contributed by atoms with van der Waals surface area (Å²) in [6.45, 7) is -0.563. The van der Waals surface area contributed by atoms with E-state index in [-0.39, 0.29) is 5.56 Å². The van der Waals surface area contributed by atoms with Crippen LogP contribution in [0.15, 0.2) is 17.0 Å². The molecular weight excluding hydrogens is 307 g/mol. The predicted molar refractivity (Wildman–Crippen MR) is 61.7 cm³/mol. The molecule has 1 aromatic rings. The number of anilines is 1. The van der Waals surface area contributed by atoms with Crippen LogP contribution < -0.4 is 10.5 Å². The third-order valence-electron chi connectivity index (χ3n) is 2.40. The molecule has 0 radical (unpaired) electrons. The van der Waals surface area contributed by atoms with E-state index in [4.69, 9.17) is 5.73 Å². The second kappa shape index (κ2) is 5.52. The van der Waals surface area contributed by atoms with Gasteiger partial charge in [0.05, 0.1) is 17.1 Å². The Morgan fingerprint density at radius 3 is 2.40 bits per heavy atom. The van der Waals surface area contributed by atoms with E-state index in [1.807, 2.05) is 0 Å². The van der Waals surface area contributed by atoms with Crippen molar-refractivity contribution in [3.8, 4) is 0 Å². The Bertz CT molecular complexity index is 604. The Kier molecular flexibility index (Phi) is 4.59. The average molecular weight is 318 g/mol. The van der Waals surface area contributed by atoms with E-state index in [1.165, 1.54) is 11.6 Å². The van der Waals surface area contributed by atoms with Crippen molar-refractivity contribution in [3.05, 3.63) is 23.5 Å². The molecule has 20 heavy (non-hydrogen) atoms. The van der Waals surface area contributed by atoms with E-state index in [2.05, 4.69) is 0 Å². The Hall–Kier alpha value is -1.42. The van der Waals surface area contributed by atoms with E-state index in [9.17, 15) is 30.4 Å². The van der Waals surface area contributed by atoms with Crippen LogP contribution in [-0.4, -0.2) is 27.3 Å². The Morgan fingerprint density at radius 2 is 1.90 bits per heavy atom. The highest BCUT2D eigenvalue weighted by Crippen LogP contribution is 2.24. The van der Waals surface area contributed by atoms with Crippen LogP contribution in [0.3, 0.4) is 0 Å². The number of benzene rings is 1. The lowest BCUT2D eigenvalue weighted by molar-refractivity contribution is -0.122. The second-order valence-electron chi connectivity index (χ2n) is 4.03.